The number of nitrogens with zero attached hydrogens (tertiary/aromatic N) is 1. The van der Waals surface area contributed by atoms with Crippen molar-refractivity contribution in [1.29, 1.82) is 0 Å². The molecule has 1 N–H and O–H groups in total. The zero-order chi connectivity index (χ0) is 16.8. The third kappa shape index (κ3) is 6.94. The lowest BCUT2D eigenvalue weighted by Crippen LogP contribution is -2.52. The summed E-state index contributed by atoms with van der Waals surface area (Å²) in [5.41, 5.74) is -0.475. The Bertz CT molecular complexity index is 344. The highest BCUT2D eigenvalue weighted by atomic mass is 16.6. The molecular weight excluding hydrogens is 284 g/mol. The standard InChI is InChI=1S/C16H32N2O4/c1-12(17-10-13(2)20-6)9-14-11-21-8-7-18(14)15(19)22-16(3,4)5/h12-14,17H,7-11H2,1-6H3. The summed E-state index contributed by atoms with van der Waals surface area (Å²) < 4.78 is 16.3. The molecule has 0 aliphatic carbocycles. The van der Waals surface area contributed by atoms with Crippen molar-refractivity contribution >= 4 is 6.09 Å². The van der Waals surface area contributed by atoms with Crippen molar-refractivity contribution in [2.75, 3.05) is 33.4 Å². The predicted molar refractivity (Wildman–Crippen MR) is 86.1 cm³/mol. The summed E-state index contributed by atoms with van der Waals surface area (Å²) in [6, 6.07) is 0.318. The van der Waals surface area contributed by atoms with E-state index in [0.717, 1.165) is 13.0 Å². The van der Waals surface area contributed by atoms with Crippen molar-refractivity contribution in [3.8, 4) is 0 Å². The van der Waals surface area contributed by atoms with Crippen LogP contribution >= 0.6 is 0 Å². The van der Waals surface area contributed by atoms with Crippen LogP contribution < -0.4 is 5.32 Å². The molecule has 3 atom stereocenters. The summed E-state index contributed by atoms with van der Waals surface area (Å²) in [6.45, 7) is 12.3. The number of carbonyl (C=O) groups excluding carboxylic acids is 1. The lowest BCUT2D eigenvalue weighted by atomic mass is 10.1. The molecule has 3 unspecified atom stereocenters. The zero-order valence-electron chi connectivity index (χ0n) is 14.8. The van der Waals surface area contributed by atoms with E-state index in [1.807, 2.05) is 27.7 Å². The van der Waals surface area contributed by atoms with Gasteiger partial charge < -0.3 is 24.4 Å². The highest BCUT2D eigenvalue weighted by molar-refractivity contribution is 5.68. The molecule has 0 aromatic carbocycles. The summed E-state index contributed by atoms with van der Waals surface area (Å²) in [6.07, 6.45) is 0.751. The molecule has 1 aliphatic rings. The van der Waals surface area contributed by atoms with E-state index in [-0.39, 0.29) is 24.3 Å². The molecule has 1 amide bonds. The largest absolute Gasteiger partial charge is 0.444 e. The first-order valence-corrected chi connectivity index (χ1v) is 8.06. The Labute approximate surface area is 134 Å². The van der Waals surface area contributed by atoms with Crippen LogP contribution in [0.4, 0.5) is 4.79 Å². The summed E-state index contributed by atoms with van der Waals surface area (Å²) in [5, 5.41) is 3.43. The van der Waals surface area contributed by atoms with Crippen molar-refractivity contribution in [2.24, 2.45) is 0 Å². The number of amides is 1. The first kappa shape index (κ1) is 19.2. The van der Waals surface area contributed by atoms with Crippen molar-refractivity contribution < 1.29 is 19.0 Å². The van der Waals surface area contributed by atoms with E-state index in [4.69, 9.17) is 14.2 Å². The Morgan fingerprint density at radius 1 is 1.41 bits per heavy atom. The van der Waals surface area contributed by atoms with Crippen LogP contribution in [0.5, 0.6) is 0 Å². The Kier molecular flexibility index (Phi) is 7.59. The van der Waals surface area contributed by atoms with Gasteiger partial charge in [0.25, 0.3) is 0 Å². The van der Waals surface area contributed by atoms with Gasteiger partial charge in [-0.05, 0) is 41.0 Å². The summed E-state index contributed by atoms with van der Waals surface area (Å²) in [5.74, 6) is 0. The van der Waals surface area contributed by atoms with E-state index in [0.29, 0.717) is 19.8 Å². The van der Waals surface area contributed by atoms with E-state index in [9.17, 15) is 4.79 Å². The minimum atomic E-state index is -0.475. The first-order valence-electron chi connectivity index (χ1n) is 8.06. The van der Waals surface area contributed by atoms with Crippen LogP contribution in [-0.2, 0) is 14.2 Å². The molecule has 0 spiro atoms. The number of ether oxygens (including phenoxy) is 3. The number of nitrogens with one attached hydrogen (secondary N) is 1. The quantitative estimate of drug-likeness (QED) is 0.812. The second kappa shape index (κ2) is 8.70. The molecule has 0 aromatic rings. The van der Waals surface area contributed by atoms with E-state index < -0.39 is 5.60 Å². The van der Waals surface area contributed by atoms with Crippen LogP contribution in [0.2, 0.25) is 0 Å². The number of hydrogen-bond acceptors (Lipinski definition) is 5. The zero-order valence-corrected chi connectivity index (χ0v) is 14.8. The van der Waals surface area contributed by atoms with Crippen molar-refractivity contribution in [3.63, 3.8) is 0 Å². The van der Waals surface area contributed by atoms with Gasteiger partial charge in [0.15, 0.2) is 0 Å². The fraction of sp³-hybridized carbons (Fsp3) is 0.938. The van der Waals surface area contributed by atoms with Crippen LogP contribution in [0.1, 0.15) is 41.0 Å². The smallest absolute Gasteiger partial charge is 0.410 e. The molecule has 0 radical (unpaired) electrons. The first-order chi connectivity index (χ1) is 10.2. The van der Waals surface area contributed by atoms with Gasteiger partial charge in [0.2, 0.25) is 0 Å². The highest BCUT2D eigenvalue weighted by Gasteiger charge is 2.31. The Morgan fingerprint density at radius 3 is 2.68 bits per heavy atom. The molecule has 0 saturated carbocycles. The highest BCUT2D eigenvalue weighted by Crippen LogP contribution is 2.17. The van der Waals surface area contributed by atoms with E-state index in [1.165, 1.54) is 0 Å². The minimum Gasteiger partial charge on any atom is -0.444 e. The normalized spacial score (nSPS) is 22.3. The molecule has 130 valence electrons. The molecule has 6 nitrogen and oxygen atoms in total. The molecule has 1 aliphatic heterocycles. The number of methoxy groups -OCH3 is 1. The van der Waals surface area contributed by atoms with Crippen LogP contribution in [0.15, 0.2) is 0 Å². The van der Waals surface area contributed by atoms with E-state index in [1.54, 1.807) is 12.0 Å². The second-order valence-corrected chi connectivity index (χ2v) is 6.99. The maximum Gasteiger partial charge on any atom is 0.410 e. The lowest BCUT2D eigenvalue weighted by molar-refractivity contribution is -0.0358. The van der Waals surface area contributed by atoms with Gasteiger partial charge in [-0.15, -0.1) is 0 Å². The molecule has 6 heteroatoms. The van der Waals surface area contributed by atoms with Crippen molar-refractivity contribution in [3.05, 3.63) is 0 Å². The van der Waals surface area contributed by atoms with Crippen LogP contribution in [-0.4, -0.2) is 68.2 Å². The summed E-state index contributed by atoms with van der Waals surface area (Å²) >= 11 is 0. The monoisotopic (exact) mass is 316 g/mol. The van der Waals surface area contributed by atoms with Gasteiger partial charge in [0.1, 0.15) is 5.60 Å². The molecule has 0 aromatic heterocycles. The third-order valence-corrected chi connectivity index (χ3v) is 3.64. The minimum absolute atomic E-state index is 0.0453. The number of rotatable bonds is 6. The third-order valence-electron chi connectivity index (χ3n) is 3.64. The molecular formula is C16H32N2O4. The topological polar surface area (TPSA) is 60.0 Å². The SMILES string of the molecule is COC(C)CNC(C)CC1COCCN1C(=O)OC(C)(C)C. The van der Waals surface area contributed by atoms with Gasteiger partial charge in [-0.1, -0.05) is 0 Å². The maximum atomic E-state index is 12.3. The summed E-state index contributed by atoms with van der Waals surface area (Å²) in [7, 11) is 1.70. The lowest BCUT2D eigenvalue weighted by Gasteiger charge is -2.37. The Hall–Kier alpha value is -0.850. The molecule has 1 heterocycles. The number of morpholine rings is 1. The predicted octanol–water partition coefficient (Wildman–Crippen LogP) is 2.03. The fourth-order valence-electron chi connectivity index (χ4n) is 2.35. The molecule has 0 bridgehead atoms. The van der Waals surface area contributed by atoms with Crippen LogP contribution in [0.25, 0.3) is 0 Å². The van der Waals surface area contributed by atoms with E-state index in [2.05, 4.69) is 12.2 Å². The molecule has 1 fully saturated rings. The van der Waals surface area contributed by atoms with Gasteiger partial charge in [-0.25, -0.2) is 4.79 Å². The van der Waals surface area contributed by atoms with Gasteiger partial charge in [0, 0.05) is 26.2 Å². The number of carbonyl (C=O) groups is 1. The van der Waals surface area contributed by atoms with Gasteiger partial charge in [-0.2, -0.15) is 0 Å². The van der Waals surface area contributed by atoms with Gasteiger partial charge in [0.05, 0.1) is 25.4 Å². The molecule has 22 heavy (non-hydrogen) atoms. The van der Waals surface area contributed by atoms with Crippen LogP contribution in [0.3, 0.4) is 0 Å². The van der Waals surface area contributed by atoms with Crippen molar-refractivity contribution in [1.82, 2.24) is 10.2 Å². The van der Waals surface area contributed by atoms with Gasteiger partial charge in [-0.3, -0.25) is 0 Å². The van der Waals surface area contributed by atoms with Crippen molar-refractivity contribution in [2.45, 2.75) is 64.8 Å². The second-order valence-electron chi connectivity index (χ2n) is 6.99. The molecule has 1 rings (SSSR count). The fourth-order valence-corrected chi connectivity index (χ4v) is 2.35. The van der Waals surface area contributed by atoms with Gasteiger partial charge >= 0.3 is 6.09 Å². The van der Waals surface area contributed by atoms with E-state index >= 15 is 0 Å². The average Bonchev–Trinajstić information content (AvgIpc) is 2.43. The summed E-state index contributed by atoms with van der Waals surface area (Å²) in [4.78, 5) is 14.1. The molecule has 1 saturated heterocycles. The Morgan fingerprint density at radius 2 is 2.09 bits per heavy atom. The Balaban J connectivity index is 2.52. The maximum absolute atomic E-state index is 12.3. The van der Waals surface area contributed by atoms with Crippen LogP contribution in [0, 0.1) is 0 Å². The number of hydrogen-bond donors (Lipinski definition) is 1. The average molecular weight is 316 g/mol.